The minimum atomic E-state index is -0.536. The van der Waals surface area contributed by atoms with Crippen LogP contribution in [-0.2, 0) is 4.74 Å². The maximum absolute atomic E-state index is 10.1. The predicted octanol–water partition coefficient (Wildman–Crippen LogP) is 1.20. The molecule has 3 N–H and O–H groups in total. The summed E-state index contributed by atoms with van der Waals surface area (Å²) in [5.74, 6) is 0. The maximum atomic E-state index is 10.1. The standard InChI is InChI=1S/C14H27NO3/c16-12(10-18-13-5-1-2-6-13)9-15-11-14(17)7-3-4-8-14/h12-13,15-17H,1-11H2. The Morgan fingerprint density at radius 2 is 1.83 bits per heavy atom. The zero-order valence-corrected chi connectivity index (χ0v) is 11.2. The molecule has 0 radical (unpaired) electrons. The molecule has 0 saturated heterocycles. The van der Waals surface area contributed by atoms with E-state index in [1.807, 2.05) is 0 Å². The highest BCUT2D eigenvalue weighted by molar-refractivity contribution is 4.86. The number of ether oxygens (including phenoxy) is 1. The molecule has 0 aromatic carbocycles. The van der Waals surface area contributed by atoms with E-state index in [4.69, 9.17) is 4.74 Å². The van der Waals surface area contributed by atoms with Crippen molar-refractivity contribution in [3.05, 3.63) is 0 Å². The minimum Gasteiger partial charge on any atom is -0.389 e. The topological polar surface area (TPSA) is 61.7 Å². The van der Waals surface area contributed by atoms with Gasteiger partial charge in [0, 0.05) is 13.1 Å². The predicted molar refractivity (Wildman–Crippen MR) is 70.5 cm³/mol. The van der Waals surface area contributed by atoms with E-state index >= 15 is 0 Å². The summed E-state index contributed by atoms with van der Waals surface area (Å²) >= 11 is 0. The number of aliphatic hydroxyl groups is 2. The average Bonchev–Trinajstić information content (AvgIpc) is 2.98. The van der Waals surface area contributed by atoms with Gasteiger partial charge in [0.1, 0.15) is 0 Å². The number of hydrogen-bond acceptors (Lipinski definition) is 4. The molecular weight excluding hydrogens is 230 g/mol. The molecular formula is C14H27NO3. The lowest BCUT2D eigenvalue weighted by atomic mass is 10.0. The van der Waals surface area contributed by atoms with Gasteiger partial charge in [0.25, 0.3) is 0 Å². The summed E-state index contributed by atoms with van der Waals surface area (Å²) in [5, 5.41) is 23.1. The van der Waals surface area contributed by atoms with Gasteiger partial charge >= 0.3 is 0 Å². The van der Waals surface area contributed by atoms with E-state index in [2.05, 4.69) is 5.32 Å². The van der Waals surface area contributed by atoms with Crippen molar-refractivity contribution < 1.29 is 14.9 Å². The lowest BCUT2D eigenvalue weighted by molar-refractivity contribution is -0.00930. The first-order chi connectivity index (χ1) is 8.68. The van der Waals surface area contributed by atoms with Crippen molar-refractivity contribution in [3.8, 4) is 0 Å². The van der Waals surface area contributed by atoms with Crippen LogP contribution in [0.25, 0.3) is 0 Å². The molecule has 1 unspecified atom stereocenters. The SMILES string of the molecule is OC(CNCC1(O)CCCC1)COC1CCCC1. The van der Waals surface area contributed by atoms with Crippen LogP contribution in [0.2, 0.25) is 0 Å². The van der Waals surface area contributed by atoms with E-state index in [0.29, 0.717) is 25.8 Å². The molecule has 0 amide bonds. The van der Waals surface area contributed by atoms with Crippen molar-refractivity contribution in [3.63, 3.8) is 0 Å². The van der Waals surface area contributed by atoms with Crippen molar-refractivity contribution in [1.29, 1.82) is 0 Å². The van der Waals surface area contributed by atoms with E-state index in [-0.39, 0.29) is 0 Å². The van der Waals surface area contributed by atoms with Crippen LogP contribution < -0.4 is 5.32 Å². The molecule has 2 saturated carbocycles. The molecule has 1 atom stereocenters. The third kappa shape index (κ3) is 4.50. The highest BCUT2D eigenvalue weighted by Gasteiger charge is 2.30. The van der Waals surface area contributed by atoms with Crippen LogP contribution in [0, 0.1) is 0 Å². The Morgan fingerprint density at radius 1 is 1.17 bits per heavy atom. The highest BCUT2D eigenvalue weighted by Crippen LogP contribution is 2.28. The lowest BCUT2D eigenvalue weighted by Gasteiger charge is -2.23. The Bertz CT molecular complexity index is 235. The van der Waals surface area contributed by atoms with Crippen LogP contribution in [-0.4, -0.2) is 47.7 Å². The van der Waals surface area contributed by atoms with Crippen LogP contribution in [0.15, 0.2) is 0 Å². The second-order valence-electron chi connectivity index (χ2n) is 5.96. The van der Waals surface area contributed by atoms with Crippen molar-refractivity contribution in [2.45, 2.75) is 69.2 Å². The molecule has 0 aromatic rings. The maximum Gasteiger partial charge on any atom is 0.0897 e. The Labute approximate surface area is 110 Å². The minimum absolute atomic E-state index is 0.360. The fraction of sp³-hybridized carbons (Fsp3) is 1.00. The smallest absolute Gasteiger partial charge is 0.0897 e. The third-order valence-corrected chi connectivity index (χ3v) is 4.19. The molecule has 0 bridgehead atoms. The molecule has 2 rings (SSSR count). The summed E-state index contributed by atoms with van der Waals surface area (Å²) in [4.78, 5) is 0. The quantitative estimate of drug-likeness (QED) is 0.641. The number of hydrogen-bond donors (Lipinski definition) is 3. The van der Waals surface area contributed by atoms with Gasteiger partial charge in [-0.25, -0.2) is 0 Å². The Kier molecular flexibility index (Phi) is 5.42. The highest BCUT2D eigenvalue weighted by atomic mass is 16.5. The third-order valence-electron chi connectivity index (χ3n) is 4.19. The van der Waals surface area contributed by atoms with E-state index in [0.717, 1.165) is 38.5 Å². The van der Waals surface area contributed by atoms with E-state index < -0.39 is 11.7 Å². The van der Waals surface area contributed by atoms with Gasteiger partial charge < -0.3 is 20.3 Å². The van der Waals surface area contributed by atoms with Crippen LogP contribution >= 0.6 is 0 Å². The van der Waals surface area contributed by atoms with E-state index in [1.54, 1.807) is 0 Å². The van der Waals surface area contributed by atoms with Gasteiger partial charge in [0.2, 0.25) is 0 Å². The summed E-state index contributed by atoms with van der Waals surface area (Å²) < 4.78 is 5.66. The van der Waals surface area contributed by atoms with Gasteiger partial charge in [-0.3, -0.25) is 0 Å². The zero-order valence-electron chi connectivity index (χ0n) is 11.2. The Balaban J connectivity index is 1.52. The van der Waals surface area contributed by atoms with Gasteiger partial charge in [-0.2, -0.15) is 0 Å². The van der Waals surface area contributed by atoms with Gasteiger partial charge in [-0.15, -0.1) is 0 Å². The van der Waals surface area contributed by atoms with Gasteiger partial charge in [0.05, 0.1) is 24.4 Å². The summed E-state index contributed by atoms with van der Waals surface area (Å²) in [7, 11) is 0. The van der Waals surface area contributed by atoms with E-state index in [9.17, 15) is 10.2 Å². The first-order valence-corrected chi connectivity index (χ1v) is 7.41. The zero-order chi connectivity index (χ0) is 12.8. The molecule has 4 heteroatoms. The lowest BCUT2D eigenvalue weighted by Crippen LogP contribution is -2.42. The molecule has 18 heavy (non-hydrogen) atoms. The summed E-state index contributed by atoms with van der Waals surface area (Å²) in [6.07, 6.45) is 8.69. The fourth-order valence-electron chi connectivity index (χ4n) is 3.04. The molecule has 0 aromatic heterocycles. The number of aliphatic hydroxyl groups excluding tert-OH is 1. The van der Waals surface area contributed by atoms with Crippen molar-refractivity contribution in [2.75, 3.05) is 19.7 Å². The molecule has 4 nitrogen and oxygen atoms in total. The second-order valence-corrected chi connectivity index (χ2v) is 5.96. The normalized spacial score (nSPS) is 25.7. The molecule has 0 spiro atoms. The van der Waals surface area contributed by atoms with E-state index in [1.165, 1.54) is 12.8 Å². The van der Waals surface area contributed by atoms with Crippen LogP contribution in [0.3, 0.4) is 0 Å². The first kappa shape index (κ1) is 14.3. The van der Waals surface area contributed by atoms with Crippen molar-refractivity contribution >= 4 is 0 Å². The number of nitrogens with one attached hydrogen (secondary N) is 1. The van der Waals surface area contributed by atoms with Crippen LogP contribution in [0.1, 0.15) is 51.4 Å². The molecule has 2 fully saturated rings. The Hall–Kier alpha value is -0.160. The number of rotatable bonds is 7. The largest absolute Gasteiger partial charge is 0.389 e. The van der Waals surface area contributed by atoms with Crippen LogP contribution in [0.5, 0.6) is 0 Å². The Morgan fingerprint density at radius 3 is 2.50 bits per heavy atom. The summed E-state index contributed by atoms with van der Waals surface area (Å²) in [6, 6.07) is 0. The van der Waals surface area contributed by atoms with Gasteiger partial charge in [0.15, 0.2) is 0 Å². The molecule has 2 aliphatic carbocycles. The monoisotopic (exact) mass is 257 g/mol. The van der Waals surface area contributed by atoms with Gasteiger partial charge in [-0.1, -0.05) is 25.7 Å². The second kappa shape index (κ2) is 6.85. The van der Waals surface area contributed by atoms with Crippen LogP contribution in [0.4, 0.5) is 0 Å². The molecule has 2 aliphatic rings. The van der Waals surface area contributed by atoms with Crippen molar-refractivity contribution in [2.24, 2.45) is 0 Å². The summed E-state index contributed by atoms with van der Waals surface area (Å²) in [6.45, 7) is 1.51. The molecule has 106 valence electrons. The first-order valence-electron chi connectivity index (χ1n) is 7.41. The summed E-state index contributed by atoms with van der Waals surface area (Å²) in [5.41, 5.74) is -0.536. The van der Waals surface area contributed by atoms with Gasteiger partial charge in [-0.05, 0) is 25.7 Å². The molecule has 0 heterocycles. The fourth-order valence-corrected chi connectivity index (χ4v) is 3.04. The van der Waals surface area contributed by atoms with Crippen molar-refractivity contribution in [1.82, 2.24) is 5.32 Å². The average molecular weight is 257 g/mol. The molecule has 0 aliphatic heterocycles.